The van der Waals surface area contributed by atoms with Crippen molar-refractivity contribution in [3.05, 3.63) is 59.8 Å². The monoisotopic (exact) mass is 456 g/mol. The number of hydrogen-bond acceptors (Lipinski definition) is 8. The van der Waals surface area contributed by atoms with Gasteiger partial charge in [0.1, 0.15) is 11.5 Å². The van der Waals surface area contributed by atoms with E-state index in [-0.39, 0.29) is 17.5 Å². The maximum atomic E-state index is 12.1. The lowest BCUT2D eigenvalue weighted by Crippen LogP contribution is -2.07. The fraction of sp³-hybridized carbons (Fsp3) is 0.304. The number of ether oxygens (including phenoxy) is 2. The van der Waals surface area contributed by atoms with Crippen LogP contribution in [0.3, 0.4) is 0 Å². The third kappa shape index (κ3) is 5.88. The van der Waals surface area contributed by atoms with Gasteiger partial charge in [0.05, 0.1) is 22.9 Å². The molecule has 0 saturated carbocycles. The standard InChI is InChI=1S/C23H28N4O4S/c1-3-14-32(28,29)19-10-8-17(9-11-19)30-13-12-16-6-5-7-18(15-16)31-21-20(4-2)26-23(25)27-22(21)24/h5-11,15H,3-4,12-14H2,1-2H3,(H4,24,25,26,27). The Hall–Kier alpha value is -3.33. The van der Waals surface area contributed by atoms with Crippen LogP contribution in [0.25, 0.3) is 0 Å². The second-order valence-corrected chi connectivity index (χ2v) is 9.34. The van der Waals surface area contributed by atoms with Crippen molar-refractivity contribution >= 4 is 21.6 Å². The molecule has 4 N–H and O–H groups in total. The second-order valence-electron chi connectivity index (χ2n) is 7.23. The predicted octanol–water partition coefficient (Wildman–Crippen LogP) is 3.80. The molecule has 3 rings (SSSR count). The van der Waals surface area contributed by atoms with Crippen LogP contribution in [0.5, 0.6) is 17.2 Å². The first-order valence-electron chi connectivity index (χ1n) is 10.5. The SMILES string of the molecule is CCCS(=O)(=O)c1ccc(OCCc2cccc(Oc3c(N)nc(N)nc3CC)c2)cc1. The third-order valence-corrected chi connectivity index (χ3v) is 6.68. The van der Waals surface area contributed by atoms with Crippen LogP contribution in [0, 0.1) is 0 Å². The summed E-state index contributed by atoms with van der Waals surface area (Å²) in [6.45, 7) is 4.21. The van der Waals surface area contributed by atoms with Crippen molar-refractivity contribution in [1.29, 1.82) is 0 Å². The van der Waals surface area contributed by atoms with Crippen molar-refractivity contribution in [3.8, 4) is 17.2 Å². The largest absolute Gasteiger partial charge is 0.493 e. The van der Waals surface area contributed by atoms with Crippen molar-refractivity contribution in [2.75, 3.05) is 23.8 Å². The molecule has 0 fully saturated rings. The smallest absolute Gasteiger partial charge is 0.222 e. The molecule has 0 aliphatic carbocycles. The van der Waals surface area contributed by atoms with E-state index in [1.165, 1.54) is 0 Å². The average molecular weight is 457 g/mol. The number of rotatable bonds is 10. The lowest BCUT2D eigenvalue weighted by atomic mass is 10.1. The fourth-order valence-electron chi connectivity index (χ4n) is 3.19. The van der Waals surface area contributed by atoms with Gasteiger partial charge in [0.15, 0.2) is 21.4 Å². The van der Waals surface area contributed by atoms with E-state index in [4.69, 9.17) is 20.9 Å². The molecular formula is C23H28N4O4S. The lowest BCUT2D eigenvalue weighted by molar-refractivity contribution is 0.321. The van der Waals surface area contributed by atoms with Gasteiger partial charge in [0.2, 0.25) is 5.95 Å². The van der Waals surface area contributed by atoms with Gasteiger partial charge in [-0.2, -0.15) is 4.98 Å². The van der Waals surface area contributed by atoms with Gasteiger partial charge in [-0.1, -0.05) is 26.0 Å². The van der Waals surface area contributed by atoms with Crippen LogP contribution in [0.2, 0.25) is 0 Å². The van der Waals surface area contributed by atoms with Crippen molar-refractivity contribution in [2.45, 2.75) is 38.0 Å². The van der Waals surface area contributed by atoms with Crippen molar-refractivity contribution in [1.82, 2.24) is 9.97 Å². The van der Waals surface area contributed by atoms with E-state index < -0.39 is 9.84 Å². The number of aromatic nitrogens is 2. The van der Waals surface area contributed by atoms with Crippen LogP contribution in [0.15, 0.2) is 53.4 Å². The first-order valence-corrected chi connectivity index (χ1v) is 12.1. The lowest BCUT2D eigenvalue weighted by Gasteiger charge is -2.13. The highest BCUT2D eigenvalue weighted by molar-refractivity contribution is 7.91. The van der Waals surface area contributed by atoms with Crippen molar-refractivity contribution in [3.63, 3.8) is 0 Å². The van der Waals surface area contributed by atoms with Gasteiger partial charge in [0, 0.05) is 6.42 Å². The minimum absolute atomic E-state index is 0.119. The molecule has 0 aliphatic rings. The zero-order chi connectivity index (χ0) is 23.1. The Balaban J connectivity index is 1.62. The summed E-state index contributed by atoms with van der Waals surface area (Å²) in [5.74, 6) is 2.10. The third-order valence-electron chi connectivity index (χ3n) is 4.75. The van der Waals surface area contributed by atoms with Gasteiger partial charge in [-0.25, -0.2) is 13.4 Å². The predicted molar refractivity (Wildman–Crippen MR) is 125 cm³/mol. The normalized spacial score (nSPS) is 11.3. The Kier molecular flexibility index (Phi) is 7.53. The topological polar surface area (TPSA) is 130 Å². The number of benzene rings is 2. The van der Waals surface area contributed by atoms with Crippen LogP contribution in [0.1, 0.15) is 31.5 Å². The molecule has 1 aromatic heterocycles. The maximum Gasteiger partial charge on any atom is 0.222 e. The minimum atomic E-state index is -3.23. The molecule has 0 unspecified atom stereocenters. The summed E-state index contributed by atoms with van der Waals surface area (Å²) in [5.41, 5.74) is 13.3. The zero-order valence-electron chi connectivity index (χ0n) is 18.2. The van der Waals surface area contributed by atoms with Crippen LogP contribution in [0.4, 0.5) is 11.8 Å². The molecule has 32 heavy (non-hydrogen) atoms. The minimum Gasteiger partial charge on any atom is -0.493 e. The summed E-state index contributed by atoms with van der Waals surface area (Å²) < 4.78 is 35.9. The van der Waals surface area contributed by atoms with E-state index in [1.807, 2.05) is 38.1 Å². The Labute approximate surface area is 188 Å². The van der Waals surface area contributed by atoms with E-state index in [9.17, 15) is 8.42 Å². The number of nitrogens with zero attached hydrogens (tertiary/aromatic N) is 2. The van der Waals surface area contributed by atoms with Crippen LogP contribution < -0.4 is 20.9 Å². The van der Waals surface area contributed by atoms with Crippen molar-refractivity contribution < 1.29 is 17.9 Å². The molecule has 2 aromatic carbocycles. The summed E-state index contributed by atoms with van der Waals surface area (Å²) >= 11 is 0. The molecular weight excluding hydrogens is 428 g/mol. The molecule has 0 radical (unpaired) electrons. The summed E-state index contributed by atoms with van der Waals surface area (Å²) in [7, 11) is -3.23. The average Bonchev–Trinajstić information content (AvgIpc) is 2.76. The molecule has 1 heterocycles. The van der Waals surface area contributed by atoms with E-state index in [1.54, 1.807) is 24.3 Å². The zero-order valence-corrected chi connectivity index (χ0v) is 19.1. The first-order chi connectivity index (χ1) is 15.3. The van der Waals surface area contributed by atoms with Gasteiger partial charge >= 0.3 is 0 Å². The van der Waals surface area contributed by atoms with E-state index in [0.29, 0.717) is 53.7 Å². The molecule has 0 bridgehead atoms. The quantitative estimate of drug-likeness (QED) is 0.471. The highest BCUT2D eigenvalue weighted by atomic mass is 32.2. The molecule has 0 atom stereocenters. The maximum absolute atomic E-state index is 12.1. The van der Waals surface area contributed by atoms with Gasteiger partial charge in [-0.05, 0) is 54.8 Å². The molecule has 170 valence electrons. The molecule has 0 spiro atoms. The first kappa shape index (κ1) is 23.3. The summed E-state index contributed by atoms with van der Waals surface area (Å²) in [6.07, 6.45) is 1.83. The fourth-order valence-corrected chi connectivity index (χ4v) is 4.51. The Bertz CT molecular complexity index is 1170. The van der Waals surface area contributed by atoms with Gasteiger partial charge in [-0.3, -0.25) is 0 Å². The number of nitrogen functional groups attached to an aromatic ring is 2. The summed E-state index contributed by atoms with van der Waals surface area (Å²) in [6, 6.07) is 14.1. The number of sulfone groups is 1. The highest BCUT2D eigenvalue weighted by Crippen LogP contribution is 2.30. The molecule has 9 heteroatoms. The second kappa shape index (κ2) is 10.3. The number of nitrogens with two attached hydrogens (primary N) is 2. The highest BCUT2D eigenvalue weighted by Gasteiger charge is 2.14. The van der Waals surface area contributed by atoms with Crippen LogP contribution in [-0.4, -0.2) is 30.7 Å². The van der Waals surface area contributed by atoms with Crippen LogP contribution >= 0.6 is 0 Å². The summed E-state index contributed by atoms with van der Waals surface area (Å²) in [5, 5.41) is 0. The number of anilines is 2. The molecule has 3 aromatic rings. The number of hydrogen-bond donors (Lipinski definition) is 2. The van der Waals surface area contributed by atoms with E-state index >= 15 is 0 Å². The Morgan fingerprint density at radius 2 is 1.72 bits per heavy atom. The van der Waals surface area contributed by atoms with Gasteiger partial charge in [0.25, 0.3) is 0 Å². The summed E-state index contributed by atoms with van der Waals surface area (Å²) in [4.78, 5) is 8.48. The molecule has 0 saturated heterocycles. The number of aryl methyl sites for hydroxylation is 1. The Morgan fingerprint density at radius 1 is 0.969 bits per heavy atom. The van der Waals surface area contributed by atoms with Gasteiger partial charge in [-0.15, -0.1) is 0 Å². The van der Waals surface area contributed by atoms with E-state index in [0.717, 1.165) is 5.56 Å². The van der Waals surface area contributed by atoms with Crippen LogP contribution in [-0.2, 0) is 22.7 Å². The van der Waals surface area contributed by atoms with Gasteiger partial charge < -0.3 is 20.9 Å². The Morgan fingerprint density at radius 3 is 2.41 bits per heavy atom. The molecule has 8 nitrogen and oxygen atoms in total. The van der Waals surface area contributed by atoms with Crippen molar-refractivity contribution in [2.24, 2.45) is 0 Å². The molecule has 0 aliphatic heterocycles. The molecule has 0 amide bonds. The van der Waals surface area contributed by atoms with E-state index in [2.05, 4.69) is 9.97 Å².